The van der Waals surface area contributed by atoms with Gasteiger partial charge in [0, 0.05) is 12.0 Å². The number of carboxylic acid groups (broad SMARTS) is 3. The van der Waals surface area contributed by atoms with Crippen LogP contribution in [0.4, 0.5) is 0 Å². The van der Waals surface area contributed by atoms with E-state index >= 15 is 0 Å². The Balaban J connectivity index is 2.96. The lowest BCUT2D eigenvalue weighted by Gasteiger charge is -2.12. The van der Waals surface area contributed by atoms with Crippen molar-refractivity contribution in [3.05, 3.63) is 34.9 Å². The Kier molecular flexibility index (Phi) is 4.42. The molecule has 0 amide bonds. The van der Waals surface area contributed by atoms with E-state index in [9.17, 15) is 24.6 Å². The van der Waals surface area contributed by atoms with Crippen LogP contribution in [-0.4, -0.2) is 23.0 Å². The molecule has 1 N–H and O–H groups in total. The molecule has 0 unspecified atom stereocenters. The van der Waals surface area contributed by atoms with Gasteiger partial charge in [-0.25, -0.2) is 0 Å². The third-order valence-electron chi connectivity index (χ3n) is 2.40. The Hall–Kier alpha value is -2.37. The van der Waals surface area contributed by atoms with Crippen molar-refractivity contribution in [3.63, 3.8) is 0 Å². The fourth-order valence-electron chi connectivity index (χ4n) is 1.56. The number of carbonyl (C=O) groups excluding carboxylic acids is 2. The molecule has 0 aliphatic heterocycles. The Labute approximate surface area is 102 Å². The Morgan fingerprint density at radius 3 is 2.28 bits per heavy atom. The molecule has 0 radical (unpaired) electrons. The van der Waals surface area contributed by atoms with Gasteiger partial charge in [-0.2, -0.15) is 0 Å². The third kappa shape index (κ3) is 3.58. The average Bonchev–Trinajstić information content (AvgIpc) is 2.27. The van der Waals surface area contributed by atoms with Gasteiger partial charge in [-0.15, -0.1) is 0 Å². The van der Waals surface area contributed by atoms with Gasteiger partial charge in [0.2, 0.25) is 0 Å². The second-order valence-corrected chi connectivity index (χ2v) is 3.69. The topological polar surface area (TPSA) is 118 Å². The summed E-state index contributed by atoms with van der Waals surface area (Å²) in [6.07, 6.45) is 0.241. The molecular weight excluding hydrogens is 240 g/mol. The molecule has 0 aromatic heterocycles. The fraction of sp³-hybridized carbons (Fsp3) is 0.250. The van der Waals surface area contributed by atoms with Crippen molar-refractivity contribution in [3.8, 4) is 0 Å². The molecule has 0 heterocycles. The number of carbonyl (C=O) groups is 3. The summed E-state index contributed by atoms with van der Waals surface area (Å²) in [5.74, 6) is -3.84. The van der Waals surface area contributed by atoms with E-state index in [4.69, 9.17) is 5.11 Å². The largest absolute Gasteiger partial charge is 0.545 e. The Bertz CT molecular complexity index is 491. The number of carboxylic acids is 3. The molecule has 0 saturated heterocycles. The summed E-state index contributed by atoms with van der Waals surface area (Å²) >= 11 is 0. The third-order valence-corrected chi connectivity index (χ3v) is 2.40. The number of rotatable bonds is 6. The van der Waals surface area contributed by atoms with Gasteiger partial charge in [-0.05, 0) is 30.0 Å². The molecular formula is C12H10O6-2. The fourth-order valence-corrected chi connectivity index (χ4v) is 1.56. The van der Waals surface area contributed by atoms with E-state index in [1.54, 1.807) is 0 Å². The van der Waals surface area contributed by atoms with Crippen LogP contribution in [0.2, 0.25) is 0 Å². The van der Waals surface area contributed by atoms with E-state index < -0.39 is 17.9 Å². The van der Waals surface area contributed by atoms with Crippen molar-refractivity contribution in [2.24, 2.45) is 0 Å². The highest BCUT2D eigenvalue weighted by Crippen LogP contribution is 2.14. The number of aliphatic carboxylic acids is 1. The number of hydrogen-bond donors (Lipinski definition) is 1. The second-order valence-electron chi connectivity index (χ2n) is 3.69. The molecule has 6 heteroatoms. The monoisotopic (exact) mass is 250 g/mol. The molecule has 0 bridgehead atoms. The van der Waals surface area contributed by atoms with Gasteiger partial charge in [0.05, 0.1) is 11.9 Å². The molecule has 1 aromatic rings. The van der Waals surface area contributed by atoms with Crippen molar-refractivity contribution >= 4 is 17.9 Å². The van der Waals surface area contributed by atoms with Crippen LogP contribution < -0.4 is 10.2 Å². The Morgan fingerprint density at radius 2 is 1.78 bits per heavy atom. The summed E-state index contributed by atoms with van der Waals surface area (Å²) in [6.45, 7) is 0. The lowest BCUT2D eigenvalue weighted by atomic mass is 9.99. The van der Waals surface area contributed by atoms with Gasteiger partial charge in [-0.3, -0.25) is 4.79 Å². The van der Waals surface area contributed by atoms with Gasteiger partial charge in [0.15, 0.2) is 0 Å². The molecule has 6 nitrogen and oxygen atoms in total. The van der Waals surface area contributed by atoms with Crippen LogP contribution in [0.25, 0.3) is 0 Å². The zero-order chi connectivity index (χ0) is 13.7. The molecule has 0 aliphatic rings. The number of hydrogen-bond acceptors (Lipinski definition) is 5. The molecule has 1 aromatic carbocycles. The van der Waals surface area contributed by atoms with E-state index in [1.165, 1.54) is 6.07 Å². The normalized spacial score (nSPS) is 10.0. The van der Waals surface area contributed by atoms with Crippen LogP contribution in [0.5, 0.6) is 0 Å². The summed E-state index contributed by atoms with van der Waals surface area (Å²) in [4.78, 5) is 31.8. The molecule has 0 aliphatic carbocycles. The minimum atomic E-state index is -1.43. The van der Waals surface area contributed by atoms with Crippen molar-refractivity contribution in [1.82, 2.24) is 0 Å². The predicted octanol–water partition coefficient (Wildman–Crippen LogP) is -1.18. The molecule has 0 saturated carbocycles. The number of benzene rings is 1. The molecule has 0 atom stereocenters. The van der Waals surface area contributed by atoms with Crippen molar-refractivity contribution in [1.29, 1.82) is 0 Å². The first-order valence-corrected chi connectivity index (χ1v) is 5.19. The Morgan fingerprint density at radius 1 is 1.11 bits per heavy atom. The first-order chi connectivity index (χ1) is 8.41. The zero-order valence-corrected chi connectivity index (χ0v) is 9.34. The highest BCUT2D eigenvalue weighted by Gasteiger charge is 2.07. The van der Waals surface area contributed by atoms with Crippen LogP contribution in [0.3, 0.4) is 0 Å². The quantitative estimate of drug-likeness (QED) is 0.679. The maximum absolute atomic E-state index is 10.8. The lowest BCUT2D eigenvalue weighted by molar-refractivity contribution is -0.256. The van der Waals surface area contributed by atoms with E-state index in [0.717, 1.165) is 12.1 Å². The summed E-state index contributed by atoms with van der Waals surface area (Å²) in [7, 11) is 0. The van der Waals surface area contributed by atoms with E-state index in [2.05, 4.69) is 0 Å². The van der Waals surface area contributed by atoms with Gasteiger partial charge < -0.3 is 24.9 Å². The summed E-state index contributed by atoms with van der Waals surface area (Å²) < 4.78 is 0. The summed E-state index contributed by atoms with van der Waals surface area (Å²) in [5.41, 5.74) is -0.0475. The maximum Gasteiger partial charge on any atom is 0.303 e. The average molecular weight is 250 g/mol. The molecule has 1 rings (SSSR count). The van der Waals surface area contributed by atoms with Gasteiger partial charge in [-0.1, -0.05) is 12.1 Å². The molecule has 18 heavy (non-hydrogen) atoms. The molecule has 0 spiro atoms. The van der Waals surface area contributed by atoms with Gasteiger partial charge in [0.1, 0.15) is 0 Å². The number of aromatic carboxylic acids is 2. The SMILES string of the molecule is O=C(O)CCCc1cc(C(=O)[O-])ccc1C(=O)[O-]. The van der Waals surface area contributed by atoms with Crippen LogP contribution in [0.1, 0.15) is 39.1 Å². The maximum atomic E-state index is 10.8. The van der Waals surface area contributed by atoms with Gasteiger partial charge >= 0.3 is 5.97 Å². The van der Waals surface area contributed by atoms with Crippen molar-refractivity contribution < 1.29 is 29.7 Å². The van der Waals surface area contributed by atoms with Crippen molar-refractivity contribution in [2.75, 3.05) is 0 Å². The second kappa shape index (κ2) is 5.81. The minimum absolute atomic E-state index is 0.123. The highest BCUT2D eigenvalue weighted by molar-refractivity contribution is 5.91. The minimum Gasteiger partial charge on any atom is -0.545 e. The van der Waals surface area contributed by atoms with Crippen LogP contribution in [0.15, 0.2) is 18.2 Å². The lowest BCUT2D eigenvalue weighted by Crippen LogP contribution is -2.26. The van der Waals surface area contributed by atoms with Crippen LogP contribution >= 0.6 is 0 Å². The van der Waals surface area contributed by atoms with Crippen molar-refractivity contribution in [2.45, 2.75) is 19.3 Å². The summed E-state index contributed by atoms with van der Waals surface area (Å²) in [5, 5.41) is 29.9. The first-order valence-electron chi connectivity index (χ1n) is 5.19. The molecule has 96 valence electrons. The standard InChI is InChI=1S/C12H12O6/c13-10(14)3-1-2-7-6-8(11(15)16)4-5-9(7)12(17)18/h4-6H,1-3H2,(H,13,14)(H,15,16)(H,17,18)/p-2. The van der Waals surface area contributed by atoms with Crippen LogP contribution in [-0.2, 0) is 11.2 Å². The number of aryl methyl sites for hydroxylation is 1. The van der Waals surface area contributed by atoms with Crippen LogP contribution in [0, 0.1) is 0 Å². The zero-order valence-electron chi connectivity index (χ0n) is 9.34. The summed E-state index contributed by atoms with van der Waals surface area (Å²) in [6, 6.07) is 3.40. The van der Waals surface area contributed by atoms with E-state index in [-0.39, 0.29) is 36.0 Å². The highest BCUT2D eigenvalue weighted by atomic mass is 16.4. The first kappa shape index (κ1) is 13.7. The van der Waals surface area contributed by atoms with E-state index in [1.807, 2.05) is 0 Å². The van der Waals surface area contributed by atoms with Gasteiger partial charge in [0.25, 0.3) is 0 Å². The predicted molar refractivity (Wildman–Crippen MR) is 55.7 cm³/mol. The smallest absolute Gasteiger partial charge is 0.303 e. The molecule has 0 fully saturated rings. The van der Waals surface area contributed by atoms with E-state index in [0.29, 0.717) is 0 Å².